The number of hydrogen-bond donors (Lipinski definition) is 1. The number of nitriles is 1. The van der Waals surface area contributed by atoms with Crippen molar-refractivity contribution in [1.82, 2.24) is 0 Å². The number of nitrogens with zero attached hydrogens (tertiary/aromatic N) is 1. The molecule has 0 bridgehead atoms. The maximum absolute atomic E-state index is 12.1. The van der Waals surface area contributed by atoms with Gasteiger partial charge in [0.05, 0.1) is 29.5 Å². The highest BCUT2D eigenvalue weighted by Gasteiger charge is 2.11. The molecule has 6 heteroatoms. The second-order valence-electron chi connectivity index (χ2n) is 4.13. The molecule has 0 saturated heterocycles. The first kappa shape index (κ1) is 15.0. The molecule has 1 amide bonds. The van der Waals surface area contributed by atoms with Gasteiger partial charge < -0.3 is 14.8 Å². The van der Waals surface area contributed by atoms with Crippen molar-refractivity contribution in [2.75, 3.05) is 25.6 Å². The zero-order valence-corrected chi connectivity index (χ0v) is 12.3. The summed E-state index contributed by atoms with van der Waals surface area (Å²) in [4.78, 5) is 12.1. The van der Waals surface area contributed by atoms with Crippen LogP contribution in [0.3, 0.4) is 0 Å². The van der Waals surface area contributed by atoms with Gasteiger partial charge >= 0.3 is 0 Å². The zero-order chi connectivity index (χ0) is 15.1. The van der Waals surface area contributed by atoms with Crippen LogP contribution in [-0.4, -0.2) is 26.2 Å². The minimum absolute atomic E-state index is 0.233. The van der Waals surface area contributed by atoms with Crippen LogP contribution in [0.2, 0.25) is 0 Å². The average Bonchev–Trinajstić information content (AvgIpc) is 3.03. The minimum Gasteiger partial charge on any atom is -0.489 e. The van der Waals surface area contributed by atoms with Crippen molar-refractivity contribution in [3.8, 4) is 11.8 Å². The highest BCUT2D eigenvalue weighted by Crippen LogP contribution is 2.26. The molecule has 0 fully saturated rings. The molecule has 5 nitrogen and oxygen atoms in total. The van der Waals surface area contributed by atoms with E-state index in [4.69, 9.17) is 14.7 Å². The molecule has 0 atom stereocenters. The van der Waals surface area contributed by atoms with Crippen LogP contribution in [0.1, 0.15) is 15.9 Å². The predicted molar refractivity (Wildman–Crippen MR) is 80.8 cm³/mol. The first-order valence-electron chi connectivity index (χ1n) is 6.24. The Morgan fingerprint density at radius 3 is 2.90 bits per heavy atom. The van der Waals surface area contributed by atoms with Gasteiger partial charge in [0.1, 0.15) is 12.4 Å². The lowest BCUT2D eigenvalue weighted by Crippen LogP contribution is -2.13. The summed E-state index contributed by atoms with van der Waals surface area (Å²) in [5, 5.41) is 15.3. The zero-order valence-electron chi connectivity index (χ0n) is 11.5. The number of methoxy groups -OCH3 is 1. The van der Waals surface area contributed by atoms with Crippen molar-refractivity contribution in [2.45, 2.75) is 0 Å². The molecule has 0 spiro atoms. The molecule has 0 saturated carbocycles. The number of thiophene rings is 1. The maximum Gasteiger partial charge on any atom is 0.256 e. The third-order valence-corrected chi connectivity index (χ3v) is 3.37. The van der Waals surface area contributed by atoms with Crippen LogP contribution in [0.5, 0.6) is 5.75 Å². The van der Waals surface area contributed by atoms with E-state index in [9.17, 15) is 4.79 Å². The topological polar surface area (TPSA) is 71.3 Å². The quantitative estimate of drug-likeness (QED) is 0.833. The summed E-state index contributed by atoms with van der Waals surface area (Å²) in [6.07, 6.45) is 0. The van der Waals surface area contributed by atoms with E-state index >= 15 is 0 Å². The van der Waals surface area contributed by atoms with E-state index in [1.807, 2.05) is 11.4 Å². The molecule has 108 valence electrons. The summed E-state index contributed by atoms with van der Waals surface area (Å²) in [6, 6.07) is 8.67. The lowest BCUT2D eigenvalue weighted by atomic mass is 10.2. The van der Waals surface area contributed by atoms with Crippen LogP contribution < -0.4 is 10.1 Å². The Bertz CT molecular complexity index is 647. The van der Waals surface area contributed by atoms with Crippen LogP contribution >= 0.6 is 11.3 Å². The number of nitrogens with one attached hydrogen (secondary N) is 1. The van der Waals surface area contributed by atoms with Gasteiger partial charge in [0.15, 0.2) is 0 Å². The molecular formula is C15H14N2O3S. The van der Waals surface area contributed by atoms with E-state index in [1.165, 1.54) is 11.3 Å². The van der Waals surface area contributed by atoms with Crippen molar-refractivity contribution in [2.24, 2.45) is 0 Å². The molecule has 1 heterocycles. The second-order valence-corrected chi connectivity index (χ2v) is 4.91. The lowest BCUT2D eigenvalue weighted by Gasteiger charge is -2.12. The third kappa shape index (κ3) is 4.05. The van der Waals surface area contributed by atoms with E-state index in [0.29, 0.717) is 35.8 Å². The highest BCUT2D eigenvalue weighted by atomic mass is 32.1. The van der Waals surface area contributed by atoms with Crippen LogP contribution in [-0.2, 0) is 4.74 Å². The summed E-state index contributed by atoms with van der Waals surface area (Å²) < 4.78 is 10.5. The number of amides is 1. The molecule has 2 aromatic rings. The summed E-state index contributed by atoms with van der Waals surface area (Å²) >= 11 is 1.45. The number of benzene rings is 1. The molecule has 0 aliphatic rings. The van der Waals surface area contributed by atoms with Gasteiger partial charge in [-0.25, -0.2) is 0 Å². The summed E-state index contributed by atoms with van der Waals surface area (Å²) in [7, 11) is 1.58. The van der Waals surface area contributed by atoms with Gasteiger partial charge in [-0.2, -0.15) is 16.6 Å². The van der Waals surface area contributed by atoms with Crippen molar-refractivity contribution in [3.05, 3.63) is 46.2 Å². The average molecular weight is 302 g/mol. The van der Waals surface area contributed by atoms with Crippen molar-refractivity contribution < 1.29 is 14.3 Å². The summed E-state index contributed by atoms with van der Waals surface area (Å²) in [5.41, 5.74) is 1.50. The SMILES string of the molecule is COCCOc1ccc(C#N)cc1NC(=O)c1ccsc1. The molecule has 0 aliphatic carbocycles. The molecule has 0 radical (unpaired) electrons. The molecule has 1 aromatic heterocycles. The largest absolute Gasteiger partial charge is 0.489 e. The number of hydrogen-bond acceptors (Lipinski definition) is 5. The summed E-state index contributed by atoms with van der Waals surface area (Å²) in [5.74, 6) is 0.276. The number of carbonyl (C=O) groups excluding carboxylic acids is 1. The molecule has 1 aromatic carbocycles. The van der Waals surface area contributed by atoms with Crippen molar-refractivity contribution >= 4 is 22.9 Å². The highest BCUT2D eigenvalue weighted by molar-refractivity contribution is 7.08. The van der Waals surface area contributed by atoms with Gasteiger partial charge in [-0.1, -0.05) is 0 Å². The number of rotatable bonds is 6. The second kappa shape index (κ2) is 7.43. The lowest BCUT2D eigenvalue weighted by molar-refractivity contribution is 0.102. The molecule has 2 rings (SSSR count). The molecule has 0 unspecified atom stereocenters. The first-order valence-corrected chi connectivity index (χ1v) is 7.18. The Morgan fingerprint density at radius 2 is 2.24 bits per heavy atom. The standard InChI is InChI=1S/C15H14N2O3S/c1-19-5-6-20-14-3-2-11(9-16)8-13(14)17-15(18)12-4-7-21-10-12/h2-4,7-8,10H,5-6H2,1H3,(H,17,18). The normalized spacial score (nSPS) is 9.90. The van der Waals surface area contributed by atoms with Crippen LogP contribution in [0, 0.1) is 11.3 Å². The molecular weight excluding hydrogens is 288 g/mol. The Morgan fingerprint density at radius 1 is 1.38 bits per heavy atom. The molecule has 1 N–H and O–H groups in total. The molecule has 21 heavy (non-hydrogen) atoms. The number of ether oxygens (including phenoxy) is 2. The van der Waals surface area contributed by atoms with E-state index in [0.717, 1.165) is 0 Å². The Hall–Kier alpha value is -2.36. The van der Waals surface area contributed by atoms with E-state index in [-0.39, 0.29) is 5.91 Å². The Balaban J connectivity index is 2.18. The van der Waals surface area contributed by atoms with Gasteiger partial charge in [0.25, 0.3) is 5.91 Å². The van der Waals surface area contributed by atoms with Gasteiger partial charge in [0, 0.05) is 12.5 Å². The number of carbonyl (C=O) groups is 1. The monoisotopic (exact) mass is 302 g/mol. The predicted octanol–water partition coefficient (Wildman–Crippen LogP) is 2.90. The van der Waals surface area contributed by atoms with Gasteiger partial charge in [-0.3, -0.25) is 4.79 Å². The van der Waals surface area contributed by atoms with Crippen LogP contribution in [0.4, 0.5) is 5.69 Å². The van der Waals surface area contributed by atoms with Crippen molar-refractivity contribution in [1.29, 1.82) is 5.26 Å². The Kier molecular flexibility index (Phi) is 5.32. The fraction of sp³-hybridized carbons (Fsp3) is 0.200. The smallest absolute Gasteiger partial charge is 0.256 e. The number of anilines is 1. The molecule has 0 aliphatic heterocycles. The summed E-state index contributed by atoms with van der Waals surface area (Å²) in [6.45, 7) is 0.807. The van der Waals surface area contributed by atoms with Crippen LogP contribution in [0.25, 0.3) is 0 Å². The van der Waals surface area contributed by atoms with Gasteiger partial charge in [-0.05, 0) is 29.6 Å². The fourth-order valence-electron chi connectivity index (χ4n) is 1.65. The van der Waals surface area contributed by atoms with Crippen LogP contribution in [0.15, 0.2) is 35.0 Å². The maximum atomic E-state index is 12.1. The van der Waals surface area contributed by atoms with E-state index in [2.05, 4.69) is 5.32 Å². The van der Waals surface area contributed by atoms with E-state index in [1.54, 1.807) is 36.8 Å². The minimum atomic E-state index is -0.233. The first-order chi connectivity index (χ1) is 10.2. The van der Waals surface area contributed by atoms with E-state index < -0.39 is 0 Å². The van der Waals surface area contributed by atoms with Crippen molar-refractivity contribution in [3.63, 3.8) is 0 Å². The van der Waals surface area contributed by atoms with Gasteiger partial charge in [-0.15, -0.1) is 0 Å². The van der Waals surface area contributed by atoms with Gasteiger partial charge in [0.2, 0.25) is 0 Å². The Labute approximate surface area is 126 Å². The fourth-order valence-corrected chi connectivity index (χ4v) is 2.28. The third-order valence-electron chi connectivity index (χ3n) is 2.69.